The number of benzene rings is 4. The molecule has 2 aliphatic heterocycles. The molecule has 0 aliphatic carbocycles. The Balaban J connectivity index is 0.000000117. The summed E-state index contributed by atoms with van der Waals surface area (Å²) in [4.78, 5) is 38.7. The molecule has 0 fully saturated rings. The van der Waals surface area contributed by atoms with Gasteiger partial charge in [0.05, 0.1) is 36.1 Å². The summed E-state index contributed by atoms with van der Waals surface area (Å²) in [5, 5.41) is 2.66. The number of Topliss-reactive ketones (excluding diaryl/α,β-unsaturated/α-hetero) is 1. The Morgan fingerprint density at radius 2 is 1.37 bits per heavy atom. The molecule has 0 bridgehead atoms. The molecule has 192 valence electrons. The minimum atomic E-state index is -3.30. The average molecular weight is 548 g/mol. The molecule has 4 aromatic carbocycles. The van der Waals surface area contributed by atoms with Gasteiger partial charge in [-0.15, -0.1) is 0 Å². The molecule has 0 saturated heterocycles. The summed E-state index contributed by atoms with van der Waals surface area (Å²) >= 11 is 0. The van der Waals surface area contributed by atoms with E-state index in [0.29, 0.717) is 16.5 Å². The predicted octanol–water partition coefficient (Wildman–Crippen LogP) is 3.13. The third-order valence-electron chi connectivity index (χ3n) is 5.99. The quantitative estimate of drug-likeness (QED) is 0.254. The number of hydrogen-bond donors (Lipinski definition) is 3. The Labute approximate surface area is 217 Å². The van der Waals surface area contributed by atoms with Gasteiger partial charge in [-0.3, -0.25) is 14.6 Å². The van der Waals surface area contributed by atoms with Crippen LogP contribution in [0.15, 0.2) is 104 Å². The molecule has 3 N–H and O–H groups in total. The van der Waals surface area contributed by atoms with Crippen molar-refractivity contribution in [2.45, 2.75) is 9.79 Å². The van der Waals surface area contributed by atoms with Crippen molar-refractivity contribution < 1.29 is 17.4 Å². The maximum absolute atomic E-state index is 12.1. The molecule has 0 amide bonds. The molecule has 0 saturated carbocycles. The summed E-state index contributed by atoms with van der Waals surface area (Å²) < 4.78 is 37.5. The fourth-order valence-corrected chi connectivity index (χ4v) is 7.26. The van der Waals surface area contributed by atoms with Crippen molar-refractivity contribution in [2.24, 2.45) is 0 Å². The zero-order valence-corrected chi connectivity index (χ0v) is 21.4. The number of rotatable bonds is 0. The van der Waals surface area contributed by atoms with Crippen LogP contribution in [0.5, 0.6) is 0 Å². The summed E-state index contributed by atoms with van der Waals surface area (Å²) in [6.07, 6.45) is 0. The Morgan fingerprint density at radius 3 is 2.13 bits per heavy atom. The monoisotopic (exact) mass is 547 g/mol. The fraction of sp³-hybridized carbons (Fsp3) is 0.0370. The standard InChI is InChI=1S/C11H9NOS.C8H6N2O2.C8H6O3S/c1-14(13)10-7-3-5-8-4-2-6-9(12-14)11(8)10;11-7-5-3-1-2-4-6(5)9-8(12)10-7;9-7-5-12(10,11)8-4-2-1-3-6(7)8/h2-7H,1H2,(H,12,13);1-4H,(H2,9,10,11,12);1-4H,5H2. The first-order chi connectivity index (χ1) is 18.1. The summed E-state index contributed by atoms with van der Waals surface area (Å²) in [6, 6.07) is 24.9. The predicted molar refractivity (Wildman–Crippen MR) is 149 cm³/mol. The summed E-state index contributed by atoms with van der Waals surface area (Å²) in [5.41, 5.74) is 0.995. The zero-order valence-electron chi connectivity index (χ0n) is 19.8. The lowest BCUT2D eigenvalue weighted by Crippen LogP contribution is -2.21. The largest absolute Gasteiger partial charge is 0.326 e. The lowest BCUT2D eigenvalue weighted by Gasteiger charge is -2.00. The number of fused-ring (bicyclic) bond motifs is 2. The van der Waals surface area contributed by atoms with Gasteiger partial charge in [-0.1, -0.05) is 54.6 Å². The highest BCUT2D eigenvalue weighted by molar-refractivity contribution is 8.02. The Hall–Kier alpha value is -4.48. The van der Waals surface area contributed by atoms with Gasteiger partial charge in [0.1, 0.15) is 5.75 Å². The highest BCUT2D eigenvalue weighted by atomic mass is 32.2. The number of H-pyrrole nitrogens is 2. The minimum absolute atomic E-state index is 0.176. The third-order valence-corrected chi connectivity index (χ3v) is 9.26. The molecule has 3 heterocycles. The number of hydrogen-bond acceptors (Lipinski definition) is 6. The zero-order chi connectivity index (χ0) is 27.1. The number of anilines is 1. The van der Waals surface area contributed by atoms with Gasteiger partial charge in [-0.25, -0.2) is 17.4 Å². The van der Waals surface area contributed by atoms with Gasteiger partial charge < -0.3 is 9.71 Å². The number of para-hydroxylation sites is 1. The molecule has 9 nitrogen and oxygen atoms in total. The van der Waals surface area contributed by atoms with Crippen molar-refractivity contribution in [1.82, 2.24) is 9.97 Å². The minimum Gasteiger partial charge on any atom is -0.309 e. The smallest absolute Gasteiger partial charge is 0.309 e. The fourth-order valence-electron chi connectivity index (χ4n) is 4.31. The van der Waals surface area contributed by atoms with Crippen molar-refractivity contribution in [3.8, 4) is 0 Å². The second kappa shape index (κ2) is 9.43. The van der Waals surface area contributed by atoms with Gasteiger partial charge in [0.2, 0.25) is 0 Å². The SMILES string of the molecule is C=S1(=O)Nc2cccc3cccc1c23.O=C1CS(=O)(=O)c2ccccc21.O=c1[nH]c(=O)c2ccccc2[nH]1. The van der Waals surface area contributed by atoms with Gasteiger partial charge in [0.25, 0.3) is 5.56 Å². The van der Waals surface area contributed by atoms with Crippen LogP contribution < -0.4 is 16.0 Å². The number of aromatic nitrogens is 2. The van der Waals surface area contributed by atoms with Crippen LogP contribution >= 0.6 is 0 Å². The maximum atomic E-state index is 12.1. The number of carbonyl (C=O) groups excluding carboxylic acids is 1. The molecule has 1 atom stereocenters. The van der Waals surface area contributed by atoms with E-state index in [2.05, 4.69) is 20.6 Å². The Morgan fingerprint density at radius 1 is 0.711 bits per heavy atom. The van der Waals surface area contributed by atoms with E-state index in [1.807, 2.05) is 36.4 Å². The van der Waals surface area contributed by atoms with Crippen LogP contribution in [0.25, 0.3) is 21.7 Å². The normalized spacial score (nSPS) is 18.1. The number of sulfone groups is 1. The molecule has 0 spiro atoms. The molecular weight excluding hydrogens is 526 g/mol. The van der Waals surface area contributed by atoms with Crippen molar-refractivity contribution >= 4 is 58.6 Å². The molecular formula is C27H21N3O6S2. The third kappa shape index (κ3) is 4.64. The van der Waals surface area contributed by atoms with Crippen LogP contribution in [-0.2, 0) is 19.5 Å². The molecule has 1 aromatic heterocycles. The second-order valence-corrected chi connectivity index (χ2v) is 12.5. The number of nitrogens with one attached hydrogen (secondary N) is 3. The average Bonchev–Trinajstić information content (AvgIpc) is 3.29. The number of ketones is 1. The van der Waals surface area contributed by atoms with E-state index < -0.39 is 25.2 Å². The van der Waals surface area contributed by atoms with Crippen LogP contribution in [0.4, 0.5) is 5.69 Å². The Kier molecular flexibility index (Phi) is 6.25. The van der Waals surface area contributed by atoms with Gasteiger partial charge in [-0.2, -0.15) is 0 Å². The number of carbonyl (C=O) groups is 1. The molecule has 7 rings (SSSR count). The Bertz CT molecular complexity index is 2070. The van der Waals surface area contributed by atoms with Gasteiger partial charge in [0, 0.05) is 10.9 Å². The lowest BCUT2D eigenvalue weighted by atomic mass is 10.1. The van der Waals surface area contributed by atoms with E-state index >= 15 is 0 Å². The van der Waals surface area contributed by atoms with Crippen LogP contribution in [-0.4, -0.2) is 40.0 Å². The van der Waals surface area contributed by atoms with Crippen LogP contribution in [0, 0.1) is 0 Å². The topological polar surface area (TPSA) is 146 Å². The van der Waals surface area contributed by atoms with E-state index in [4.69, 9.17) is 0 Å². The van der Waals surface area contributed by atoms with Crippen LogP contribution in [0.3, 0.4) is 0 Å². The summed E-state index contributed by atoms with van der Waals surface area (Å²) in [7, 11) is -5.61. The van der Waals surface area contributed by atoms with E-state index in [1.54, 1.807) is 42.5 Å². The van der Waals surface area contributed by atoms with Crippen LogP contribution in [0.1, 0.15) is 10.4 Å². The van der Waals surface area contributed by atoms with Crippen LogP contribution in [0.2, 0.25) is 0 Å². The number of aromatic amines is 2. The molecule has 5 aromatic rings. The first-order valence-corrected chi connectivity index (χ1v) is 14.7. The first-order valence-electron chi connectivity index (χ1n) is 11.3. The van der Waals surface area contributed by atoms with E-state index in [-0.39, 0.29) is 22.0 Å². The lowest BCUT2D eigenvalue weighted by molar-refractivity contribution is 0.102. The van der Waals surface area contributed by atoms with E-state index in [0.717, 1.165) is 21.4 Å². The second-order valence-electron chi connectivity index (χ2n) is 8.57. The molecule has 2 aliphatic rings. The summed E-state index contributed by atoms with van der Waals surface area (Å²) in [6.45, 7) is 0. The van der Waals surface area contributed by atoms with Gasteiger partial charge >= 0.3 is 5.69 Å². The van der Waals surface area contributed by atoms with E-state index in [9.17, 15) is 27.0 Å². The van der Waals surface area contributed by atoms with Crippen molar-refractivity contribution in [1.29, 1.82) is 0 Å². The highest BCUT2D eigenvalue weighted by Gasteiger charge is 2.32. The molecule has 38 heavy (non-hydrogen) atoms. The molecule has 0 radical (unpaired) electrons. The maximum Gasteiger partial charge on any atom is 0.326 e. The summed E-state index contributed by atoms with van der Waals surface area (Å²) in [5.74, 6) is 3.06. The van der Waals surface area contributed by atoms with Crippen molar-refractivity contribution in [3.63, 3.8) is 0 Å². The molecule has 1 unspecified atom stereocenters. The highest BCUT2D eigenvalue weighted by Crippen LogP contribution is 2.36. The van der Waals surface area contributed by atoms with Crippen molar-refractivity contribution in [3.05, 3.63) is 111 Å². The van der Waals surface area contributed by atoms with Gasteiger partial charge in [-0.05, 0) is 41.6 Å². The van der Waals surface area contributed by atoms with E-state index in [1.165, 1.54) is 6.07 Å². The first kappa shape index (κ1) is 25.2. The molecule has 11 heteroatoms. The van der Waals surface area contributed by atoms with Gasteiger partial charge in [0.15, 0.2) is 15.6 Å². The van der Waals surface area contributed by atoms with Crippen molar-refractivity contribution in [2.75, 3.05) is 10.5 Å².